The van der Waals surface area contributed by atoms with Gasteiger partial charge in [0.1, 0.15) is 5.75 Å². The van der Waals surface area contributed by atoms with E-state index in [1.54, 1.807) is 7.11 Å². The van der Waals surface area contributed by atoms with Crippen LogP contribution in [0, 0.1) is 0 Å². The van der Waals surface area contributed by atoms with Gasteiger partial charge >= 0.3 is 0 Å². The van der Waals surface area contributed by atoms with Gasteiger partial charge in [-0.15, -0.1) is 0 Å². The molecule has 0 radical (unpaired) electrons. The van der Waals surface area contributed by atoms with Crippen LogP contribution in [-0.2, 0) is 0 Å². The summed E-state index contributed by atoms with van der Waals surface area (Å²) in [4.78, 5) is 0. The molecule has 3 heteroatoms. The third-order valence-electron chi connectivity index (χ3n) is 3.86. The Morgan fingerprint density at radius 2 is 2.28 bits per heavy atom. The molecule has 0 amide bonds. The Morgan fingerprint density at radius 3 is 2.94 bits per heavy atom. The van der Waals surface area contributed by atoms with Crippen LogP contribution in [0.2, 0.25) is 0 Å². The molecule has 1 aromatic rings. The summed E-state index contributed by atoms with van der Waals surface area (Å²) in [6.45, 7) is 3.23. The van der Waals surface area contributed by atoms with Crippen LogP contribution >= 0.6 is 0 Å². The topological polar surface area (TPSA) is 47.3 Å². The second-order valence-corrected chi connectivity index (χ2v) is 5.18. The molecular weight excluding hydrogens is 224 g/mol. The van der Waals surface area contributed by atoms with Crippen LogP contribution in [0.25, 0.3) is 0 Å². The number of hydrogen-bond acceptors (Lipinski definition) is 3. The molecule has 0 aliphatic carbocycles. The summed E-state index contributed by atoms with van der Waals surface area (Å²) < 4.78 is 5.28. The van der Waals surface area contributed by atoms with E-state index in [2.05, 4.69) is 30.4 Å². The van der Waals surface area contributed by atoms with E-state index in [9.17, 15) is 0 Å². The maximum Gasteiger partial charge on any atom is 0.119 e. The first-order chi connectivity index (χ1) is 8.74. The van der Waals surface area contributed by atoms with Crippen LogP contribution in [0.4, 0.5) is 0 Å². The van der Waals surface area contributed by atoms with E-state index < -0.39 is 0 Å². The molecule has 2 rings (SSSR count). The molecule has 3 N–H and O–H groups in total. The third kappa shape index (κ3) is 3.03. The van der Waals surface area contributed by atoms with Crippen molar-refractivity contribution < 1.29 is 4.74 Å². The lowest BCUT2D eigenvalue weighted by Crippen LogP contribution is -2.51. The standard InChI is InChI=1S/C15H24N2O/c1-3-5-15-14(16)9-12(10-17-15)11-6-4-7-13(8-11)18-2/h4,6-8,12,14-15,17H,3,5,9-10,16H2,1-2H3. The summed E-state index contributed by atoms with van der Waals surface area (Å²) in [5.41, 5.74) is 7.60. The zero-order valence-corrected chi connectivity index (χ0v) is 11.4. The minimum absolute atomic E-state index is 0.259. The average molecular weight is 248 g/mol. The van der Waals surface area contributed by atoms with Gasteiger partial charge in [0, 0.05) is 18.6 Å². The van der Waals surface area contributed by atoms with Crippen LogP contribution in [0.1, 0.15) is 37.7 Å². The van der Waals surface area contributed by atoms with Gasteiger partial charge in [-0.05, 0) is 36.5 Å². The zero-order chi connectivity index (χ0) is 13.0. The van der Waals surface area contributed by atoms with E-state index in [0.29, 0.717) is 12.0 Å². The van der Waals surface area contributed by atoms with E-state index >= 15 is 0 Å². The van der Waals surface area contributed by atoms with Crippen molar-refractivity contribution in [3.63, 3.8) is 0 Å². The highest BCUT2D eigenvalue weighted by Crippen LogP contribution is 2.28. The highest BCUT2D eigenvalue weighted by atomic mass is 16.5. The van der Waals surface area contributed by atoms with Gasteiger partial charge in [-0.25, -0.2) is 0 Å². The average Bonchev–Trinajstić information content (AvgIpc) is 2.41. The predicted molar refractivity (Wildman–Crippen MR) is 75.0 cm³/mol. The van der Waals surface area contributed by atoms with Crippen molar-refractivity contribution in [1.82, 2.24) is 5.32 Å². The summed E-state index contributed by atoms with van der Waals surface area (Å²) in [7, 11) is 1.71. The van der Waals surface area contributed by atoms with Gasteiger partial charge in [-0.2, -0.15) is 0 Å². The Hall–Kier alpha value is -1.06. The summed E-state index contributed by atoms with van der Waals surface area (Å²) in [6, 6.07) is 9.07. The summed E-state index contributed by atoms with van der Waals surface area (Å²) in [6.07, 6.45) is 3.42. The minimum Gasteiger partial charge on any atom is -0.497 e. The fourth-order valence-electron chi connectivity index (χ4n) is 2.80. The van der Waals surface area contributed by atoms with Crippen molar-refractivity contribution in [3.8, 4) is 5.75 Å². The number of nitrogens with one attached hydrogen (secondary N) is 1. The number of ether oxygens (including phenoxy) is 1. The van der Waals surface area contributed by atoms with Crippen LogP contribution in [0.15, 0.2) is 24.3 Å². The summed E-state index contributed by atoms with van der Waals surface area (Å²) in [5.74, 6) is 1.43. The fourth-order valence-corrected chi connectivity index (χ4v) is 2.80. The third-order valence-corrected chi connectivity index (χ3v) is 3.86. The Morgan fingerprint density at radius 1 is 1.44 bits per heavy atom. The number of hydrogen-bond donors (Lipinski definition) is 2. The van der Waals surface area contributed by atoms with E-state index in [-0.39, 0.29) is 6.04 Å². The monoisotopic (exact) mass is 248 g/mol. The highest BCUT2D eigenvalue weighted by Gasteiger charge is 2.27. The van der Waals surface area contributed by atoms with Gasteiger partial charge in [-0.1, -0.05) is 25.5 Å². The largest absolute Gasteiger partial charge is 0.497 e. The van der Waals surface area contributed by atoms with Gasteiger partial charge < -0.3 is 15.8 Å². The molecule has 1 aliphatic heterocycles. The van der Waals surface area contributed by atoms with E-state index in [0.717, 1.165) is 18.7 Å². The lowest BCUT2D eigenvalue weighted by atomic mass is 9.84. The lowest BCUT2D eigenvalue weighted by molar-refractivity contribution is 0.305. The first-order valence-corrected chi connectivity index (χ1v) is 6.87. The fraction of sp³-hybridized carbons (Fsp3) is 0.600. The maximum atomic E-state index is 6.27. The Bertz CT molecular complexity index is 381. The van der Waals surface area contributed by atoms with Crippen LogP contribution in [0.5, 0.6) is 5.75 Å². The van der Waals surface area contributed by atoms with Crippen molar-refractivity contribution in [2.45, 2.75) is 44.2 Å². The predicted octanol–water partition coefficient (Wildman–Crippen LogP) is 2.27. The first-order valence-electron chi connectivity index (χ1n) is 6.87. The van der Waals surface area contributed by atoms with Gasteiger partial charge in [0.05, 0.1) is 7.11 Å². The second-order valence-electron chi connectivity index (χ2n) is 5.18. The lowest BCUT2D eigenvalue weighted by Gasteiger charge is -2.35. The number of piperidine rings is 1. The van der Waals surface area contributed by atoms with Gasteiger partial charge in [0.25, 0.3) is 0 Å². The molecule has 0 aromatic heterocycles. The van der Waals surface area contributed by atoms with Crippen molar-refractivity contribution in [3.05, 3.63) is 29.8 Å². The molecule has 18 heavy (non-hydrogen) atoms. The molecule has 1 aliphatic rings. The molecule has 0 bridgehead atoms. The van der Waals surface area contributed by atoms with Crippen molar-refractivity contribution in [2.75, 3.05) is 13.7 Å². The zero-order valence-electron chi connectivity index (χ0n) is 11.4. The van der Waals surface area contributed by atoms with Gasteiger partial charge in [0.15, 0.2) is 0 Å². The summed E-state index contributed by atoms with van der Waals surface area (Å²) >= 11 is 0. The Kier molecular flexibility index (Phi) is 4.61. The van der Waals surface area contributed by atoms with E-state index in [4.69, 9.17) is 10.5 Å². The van der Waals surface area contributed by atoms with Crippen LogP contribution < -0.4 is 15.8 Å². The maximum absolute atomic E-state index is 6.27. The second kappa shape index (κ2) is 6.21. The molecular formula is C15H24N2O. The normalized spacial score (nSPS) is 28.1. The molecule has 0 spiro atoms. The van der Waals surface area contributed by atoms with Gasteiger partial charge in [0.2, 0.25) is 0 Å². The molecule has 0 saturated carbocycles. The Labute approximate surface area is 110 Å². The molecule has 1 aromatic carbocycles. The van der Waals surface area contributed by atoms with E-state index in [1.165, 1.54) is 18.4 Å². The summed E-state index contributed by atoms with van der Waals surface area (Å²) in [5, 5.41) is 3.59. The number of methoxy groups -OCH3 is 1. The SMILES string of the molecule is CCCC1NCC(c2cccc(OC)c2)CC1N. The molecule has 1 heterocycles. The van der Waals surface area contributed by atoms with Crippen molar-refractivity contribution in [2.24, 2.45) is 5.73 Å². The molecule has 100 valence electrons. The smallest absolute Gasteiger partial charge is 0.119 e. The first kappa shape index (κ1) is 13.4. The van der Waals surface area contributed by atoms with Crippen molar-refractivity contribution >= 4 is 0 Å². The van der Waals surface area contributed by atoms with Crippen molar-refractivity contribution in [1.29, 1.82) is 0 Å². The molecule has 1 fully saturated rings. The number of nitrogens with two attached hydrogens (primary N) is 1. The van der Waals surface area contributed by atoms with Crippen LogP contribution in [0.3, 0.4) is 0 Å². The highest BCUT2D eigenvalue weighted by molar-refractivity contribution is 5.31. The number of rotatable bonds is 4. The number of benzene rings is 1. The quantitative estimate of drug-likeness (QED) is 0.859. The molecule has 3 unspecified atom stereocenters. The minimum atomic E-state index is 0.259. The van der Waals surface area contributed by atoms with Crippen LogP contribution in [-0.4, -0.2) is 25.7 Å². The molecule has 3 nitrogen and oxygen atoms in total. The van der Waals surface area contributed by atoms with E-state index in [1.807, 2.05) is 6.07 Å². The Balaban J connectivity index is 2.02. The molecule has 3 atom stereocenters. The molecule has 1 saturated heterocycles. The van der Waals surface area contributed by atoms with Gasteiger partial charge in [-0.3, -0.25) is 0 Å².